The molecule has 0 saturated carbocycles. The molecule has 0 fully saturated rings. The highest BCUT2D eigenvalue weighted by molar-refractivity contribution is 5.99. The Morgan fingerprint density at radius 2 is 1.93 bits per heavy atom. The highest BCUT2D eigenvalue weighted by Crippen LogP contribution is 2.26. The van der Waals surface area contributed by atoms with Crippen LogP contribution in [0.4, 0.5) is 0 Å². The summed E-state index contributed by atoms with van der Waals surface area (Å²) in [5.41, 5.74) is 2.16. The Balaban J connectivity index is 1.63. The lowest BCUT2D eigenvalue weighted by atomic mass is 10.1. The van der Waals surface area contributed by atoms with Crippen LogP contribution < -0.4 is 10.1 Å². The maximum atomic E-state index is 12.6. The van der Waals surface area contributed by atoms with E-state index in [-0.39, 0.29) is 5.91 Å². The van der Waals surface area contributed by atoms with Gasteiger partial charge in [0, 0.05) is 17.5 Å². The van der Waals surface area contributed by atoms with Gasteiger partial charge in [-0.3, -0.25) is 4.79 Å². The summed E-state index contributed by atoms with van der Waals surface area (Å²) in [6, 6.07) is 16.5. The Morgan fingerprint density at radius 3 is 2.63 bits per heavy atom. The third-order valence-electron chi connectivity index (χ3n) is 4.02. The number of hydrogen-bond donors (Lipinski definition) is 1. The van der Waals surface area contributed by atoms with Crippen LogP contribution in [0.2, 0.25) is 0 Å². The molecule has 3 rings (SSSR count). The smallest absolute Gasteiger partial charge is 0.287 e. The number of para-hydroxylation sites is 1. The fourth-order valence-corrected chi connectivity index (χ4v) is 2.79. The molecule has 3 aromatic rings. The van der Waals surface area contributed by atoms with E-state index in [1.54, 1.807) is 24.3 Å². The number of nitrogens with zero attached hydrogens (tertiary/aromatic N) is 2. The minimum Gasteiger partial charge on any atom is -0.492 e. The molecule has 2 aromatic carbocycles. The van der Waals surface area contributed by atoms with E-state index in [2.05, 4.69) is 11.4 Å². The first-order valence-corrected chi connectivity index (χ1v) is 8.65. The standard InChI is InChI=1S/C21H21N3O3/c1-24(2)14-18-17-5-3-4-6-19(17)27-20(18)21(25)23-11-12-26-16-9-7-15(13-22)8-10-16/h3-10H,11-12,14H2,1-2H3,(H,23,25). The average molecular weight is 363 g/mol. The summed E-state index contributed by atoms with van der Waals surface area (Å²) < 4.78 is 11.4. The molecule has 0 aliphatic carbocycles. The van der Waals surface area contributed by atoms with Crippen molar-refractivity contribution in [1.29, 1.82) is 5.26 Å². The lowest BCUT2D eigenvalue weighted by Crippen LogP contribution is -2.29. The van der Waals surface area contributed by atoms with Crippen LogP contribution in [-0.4, -0.2) is 38.1 Å². The van der Waals surface area contributed by atoms with E-state index in [1.165, 1.54) is 0 Å². The summed E-state index contributed by atoms with van der Waals surface area (Å²) in [6.45, 7) is 1.28. The number of carbonyl (C=O) groups excluding carboxylic acids is 1. The number of nitriles is 1. The molecule has 27 heavy (non-hydrogen) atoms. The van der Waals surface area contributed by atoms with E-state index in [0.717, 1.165) is 10.9 Å². The number of benzene rings is 2. The highest BCUT2D eigenvalue weighted by Gasteiger charge is 2.20. The third kappa shape index (κ3) is 4.46. The van der Waals surface area contributed by atoms with E-state index in [9.17, 15) is 4.79 Å². The summed E-state index contributed by atoms with van der Waals surface area (Å²) in [4.78, 5) is 14.6. The van der Waals surface area contributed by atoms with Gasteiger partial charge in [0.2, 0.25) is 0 Å². The molecule has 0 aliphatic rings. The van der Waals surface area contributed by atoms with Crippen molar-refractivity contribution in [3.8, 4) is 11.8 Å². The zero-order valence-corrected chi connectivity index (χ0v) is 15.4. The van der Waals surface area contributed by atoms with Gasteiger partial charge >= 0.3 is 0 Å². The number of rotatable bonds is 7. The molecule has 1 amide bonds. The normalized spacial score (nSPS) is 10.7. The van der Waals surface area contributed by atoms with Gasteiger partial charge in [0.25, 0.3) is 5.91 Å². The molecule has 0 radical (unpaired) electrons. The number of ether oxygens (including phenoxy) is 1. The van der Waals surface area contributed by atoms with Gasteiger partial charge in [-0.15, -0.1) is 0 Å². The van der Waals surface area contributed by atoms with E-state index < -0.39 is 0 Å². The Morgan fingerprint density at radius 1 is 1.19 bits per heavy atom. The Bertz CT molecular complexity index is 968. The van der Waals surface area contributed by atoms with Crippen molar-refractivity contribution in [2.75, 3.05) is 27.2 Å². The number of hydrogen-bond acceptors (Lipinski definition) is 5. The van der Waals surface area contributed by atoms with Gasteiger partial charge in [0.15, 0.2) is 5.76 Å². The fourth-order valence-electron chi connectivity index (χ4n) is 2.79. The van der Waals surface area contributed by atoms with Crippen LogP contribution in [0.15, 0.2) is 52.9 Å². The number of nitrogens with one attached hydrogen (secondary N) is 1. The molecule has 0 bridgehead atoms. The molecule has 6 heteroatoms. The molecule has 138 valence electrons. The van der Waals surface area contributed by atoms with Gasteiger partial charge in [-0.05, 0) is 44.4 Å². The molecular weight excluding hydrogens is 342 g/mol. The van der Waals surface area contributed by atoms with Crippen LogP contribution in [-0.2, 0) is 6.54 Å². The summed E-state index contributed by atoms with van der Waals surface area (Å²) >= 11 is 0. The molecule has 0 saturated heterocycles. The van der Waals surface area contributed by atoms with Crippen molar-refractivity contribution in [1.82, 2.24) is 10.2 Å². The van der Waals surface area contributed by atoms with Gasteiger partial charge in [0.05, 0.1) is 18.2 Å². The quantitative estimate of drug-likeness (QED) is 0.652. The summed E-state index contributed by atoms with van der Waals surface area (Å²) in [6.07, 6.45) is 0. The van der Waals surface area contributed by atoms with E-state index in [1.807, 2.05) is 43.3 Å². The maximum absolute atomic E-state index is 12.6. The van der Waals surface area contributed by atoms with Gasteiger partial charge in [-0.25, -0.2) is 0 Å². The molecule has 1 N–H and O–H groups in total. The highest BCUT2D eigenvalue weighted by atomic mass is 16.5. The van der Waals surface area contributed by atoms with Crippen LogP contribution >= 0.6 is 0 Å². The molecule has 0 aliphatic heterocycles. The molecule has 0 spiro atoms. The minimum absolute atomic E-state index is 0.258. The summed E-state index contributed by atoms with van der Waals surface area (Å²) in [5, 5.41) is 12.6. The molecule has 6 nitrogen and oxygen atoms in total. The number of fused-ring (bicyclic) bond motifs is 1. The second-order valence-electron chi connectivity index (χ2n) is 6.38. The number of carbonyl (C=O) groups is 1. The van der Waals surface area contributed by atoms with Gasteiger partial charge in [-0.2, -0.15) is 5.26 Å². The SMILES string of the molecule is CN(C)Cc1c(C(=O)NCCOc2ccc(C#N)cc2)oc2ccccc12. The molecular formula is C21H21N3O3. The van der Waals surface area contributed by atoms with Crippen LogP contribution in [0.5, 0.6) is 5.75 Å². The largest absolute Gasteiger partial charge is 0.492 e. The summed E-state index contributed by atoms with van der Waals surface area (Å²) in [7, 11) is 3.91. The second-order valence-corrected chi connectivity index (χ2v) is 6.38. The summed E-state index contributed by atoms with van der Waals surface area (Å²) in [5.74, 6) is 0.732. The Labute approximate surface area is 157 Å². The predicted octanol–water partition coefficient (Wildman–Crippen LogP) is 3.17. The van der Waals surface area contributed by atoms with Crippen molar-refractivity contribution in [2.24, 2.45) is 0 Å². The molecule has 0 atom stereocenters. The molecule has 0 unspecified atom stereocenters. The third-order valence-corrected chi connectivity index (χ3v) is 4.02. The number of furan rings is 1. The average Bonchev–Trinajstić information content (AvgIpc) is 3.03. The predicted molar refractivity (Wildman–Crippen MR) is 103 cm³/mol. The zero-order chi connectivity index (χ0) is 19.2. The van der Waals surface area contributed by atoms with Crippen molar-refractivity contribution in [3.63, 3.8) is 0 Å². The first-order valence-electron chi connectivity index (χ1n) is 8.65. The molecule has 1 aromatic heterocycles. The van der Waals surface area contributed by atoms with Crippen LogP contribution in [0.3, 0.4) is 0 Å². The van der Waals surface area contributed by atoms with Crippen molar-refractivity contribution < 1.29 is 13.9 Å². The van der Waals surface area contributed by atoms with E-state index in [0.29, 0.717) is 42.4 Å². The van der Waals surface area contributed by atoms with Gasteiger partial charge in [-0.1, -0.05) is 18.2 Å². The van der Waals surface area contributed by atoms with Crippen molar-refractivity contribution in [3.05, 3.63) is 65.4 Å². The monoisotopic (exact) mass is 363 g/mol. The molecule has 1 heterocycles. The van der Waals surface area contributed by atoms with Gasteiger partial charge in [0.1, 0.15) is 17.9 Å². The Hall–Kier alpha value is -3.30. The number of amides is 1. The fraction of sp³-hybridized carbons (Fsp3) is 0.238. The van der Waals surface area contributed by atoms with Crippen molar-refractivity contribution in [2.45, 2.75) is 6.54 Å². The topological polar surface area (TPSA) is 78.5 Å². The minimum atomic E-state index is -0.258. The van der Waals surface area contributed by atoms with Crippen LogP contribution in [0.25, 0.3) is 11.0 Å². The van der Waals surface area contributed by atoms with E-state index in [4.69, 9.17) is 14.4 Å². The van der Waals surface area contributed by atoms with E-state index >= 15 is 0 Å². The zero-order valence-electron chi connectivity index (χ0n) is 15.4. The first-order chi connectivity index (χ1) is 13.1. The lowest BCUT2D eigenvalue weighted by Gasteiger charge is -2.11. The Kier molecular flexibility index (Phi) is 5.74. The second kappa shape index (κ2) is 8.39. The van der Waals surface area contributed by atoms with Gasteiger partial charge < -0.3 is 19.4 Å². The first kappa shape index (κ1) is 18.5. The van der Waals surface area contributed by atoms with Crippen molar-refractivity contribution >= 4 is 16.9 Å². The lowest BCUT2D eigenvalue weighted by molar-refractivity contribution is 0.0919. The van der Waals surface area contributed by atoms with Crippen LogP contribution in [0.1, 0.15) is 21.7 Å². The maximum Gasteiger partial charge on any atom is 0.287 e. The van der Waals surface area contributed by atoms with Crippen LogP contribution in [0, 0.1) is 11.3 Å².